The van der Waals surface area contributed by atoms with Crippen LogP contribution in [0.2, 0.25) is 0 Å². The minimum Gasteiger partial charge on any atom is -1.00 e. The highest BCUT2D eigenvalue weighted by molar-refractivity contribution is 6.25. The quantitative estimate of drug-likeness (QED) is 0.327. The van der Waals surface area contributed by atoms with E-state index in [4.69, 9.17) is 0 Å². The Bertz CT molecular complexity index is 1100. The van der Waals surface area contributed by atoms with E-state index in [1.165, 1.54) is 0 Å². The SMILES string of the molecule is C[N+](C)(C)CCCC(=O)Nc1ccc2c(c1)C(=O)c1cccc3ccnc-2c13.[I-]. The number of quaternary nitrogens is 1. The van der Waals surface area contributed by atoms with Crippen LogP contribution in [0.3, 0.4) is 0 Å². The van der Waals surface area contributed by atoms with Crippen LogP contribution >= 0.6 is 0 Å². The van der Waals surface area contributed by atoms with Crippen LogP contribution in [0.15, 0.2) is 48.7 Å². The number of halogens is 1. The van der Waals surface area contributed by atoms with Gasteiger partial charge in [0.2, 0.25) is 5.91 Å². The molecule has 1 aliphatic carbocycles. The summed E-state index contributed by atoms with van der Waals surface area (Å²) in [5.41, 5.74) is 3.54. The van der Waals surface area contributed by atoms with Gasteiger partial charge < -0.3 is 33.8 Å². The number of aromatic nitrogens is 1. The maximum Gasteiger partial charge on any atom is 0.224 e. The number of ketones is 1. The minimum absolute atomic E-state index is 0. The molecule has 150 valence electrons. The molecule has 2 aromatic carbocycles. The maximum absolute atomic E-state index is 13.1. The molecule has 0 fully saturated rings. The summed E-state index contributed by atoms with van der Waals surface area (Å²) in [6, 6.07) is 13.1. The first-order valence-electron chi connectivity index (χ1n) is 9.51. The number of nitrogens with zero attached hydrogens (tertiary/aromatic N) is 2. The van der Waals surface area contributed by atoms with Crippen LogP contribution in [0, 0.1) is 0 Å². The fraction of sp³-hybridized carbons (Fsp3) is 0.261. The lowest BCUT2D eigenvalue weighted by molar-refractivity contribution is -0.870. The van der Waals surface area contributed by atoms with Crippen LogP contribution in [0.5, 0.6) is 0 Å². The third-order valence-corrected chi connectivity index (χ3v) is 5.07. The van der Waals surface area contributed by atoms with E-state index in [-0.39, 0.29) is 35.7 Å². The summed E-state index contributed by atoms with van der Waals surface area (Å²) in [5.74, 6) is -0.0560. The second-order valence-electron chi connectivity index (χ2n) is 8.32. The van der Waals surface area contributed by atoms with Crippen molar-refractivity contribution in [3.8, 4) is 11.3 Å². The minimum atomic E-state index is -0.0303. The molecule has 1 amide bonds. The molecule has 29 heavy (non-hydrogen) atoms. The predicted molar refractivity (Wildman–Crippen MR) is 111 cm³/mol. The Kier molecular flexibility index (Phi) is 6.05. The summed E-state index contributed by atoms with van der Waals surface area (Å²) in [5, 5.41) is 4.84. The number of nitrogens with one attached hydrogen (secondary N) is 1. The van der Waals surface area contributed by atoms with Gasteiger partial charge in [-0.1, -0.05) is 18.2 Å². The van der Waals surface area contributed by atoms with Crippen molar-refractivity contribution in [2.24, 2.45) is 0 Å². The van der Waals surface area contributed by atoms with Crippen LogP contribution in [0.25, 0.3) is 22.0 Å². The van der Waals surface area contributed by atoms with Gasteiger partial charge in [-0.25, -0.2) is 0 Å². The molecule has 1 aliphatic rings. The Morgan fingerprint density at radius 1 is 1.03 bits per heavy atom. The highest BCUT2D eigenvalue weighted by Gasteiger charge is 2.26. The van der Waals surface area contributed by atoms with Crippen molar-refractivity contribution in [1.29, 1.82) is 0 Å². The van der Waals surface area contributed by atoms with E-state index in [0.29, 0.717) is 23.2 Å². The first kappa shape index (κ1) is 21.4. The standard InChI is InChI=1S/C23H23N3O2.HI/c1-26(2,3)13-5-8-20(27)25-16-9-10-17-19(14-16)23(28)18-7-4-6-15-11-12-24-22(17)21(15)18;/h4,6-7,9-12,14H,5,8,13H2,1-3H3;1H. The van der Waals surface area contributed by atoms with Crippen LogP contribution < -0.4 is 29.3 Å². The summed E-state index contributed by atoms with van der Waals surface area (Å²) in [6.07, 6.45) is 3.05. The van der Waals surface area contributed by atoms with Crippen LogP contribution in [0.1, 0.15) is 28.8 Å². The van der Waals surface area contributed by atoms with Gasteiger partial charge >= 0.3 is 0 Å². The molecule has 0 atom stereocenters. The van der Waals surface area contributed by atoms with Gasteiger partial charge in [-0.3, -0.25) is 14.6 Å². The summed E-state index contributed by atoms with van der Waals surface area (Å²) >= 11 is 0. The topological polar surface area (TPSA) is 59.1 Å². The number of hydrogen-bond acceptors (Lipinski definition) is 3. The van der Waals surface area contributed by atoms with Crippen molar-refractivity contribution in [2.75, 3.05) is 33.0 Å². The van der Waals surface area contributed by atoms with Crippen molar-refractivity contribution < 1.29 is 38.0 Å². The van der Waals surface area contributed by atoms with Gasteiger partial charge in [-0.2, -0.15) is 0 Å². The van der Waals surface area contributed by atoms with E-state index >= 15 is 0 Å². The van der Waals surface area contributed by atoms with E-state index in [0.717, 1.165) is 39.5 Å². The van der Waals surface area contributed by atoms with Crippen LogP contribution in [0.4, 0.5) is 5.69 Å². The number of benzene rings is 2. The predicted octanol–water partition coefficient (Wildman–Crippen LogP) is 0.875. The average molecular weight is 501 g/mol. The van der Waals surface area contributed by atoms with E-state index in [2.05, 4.69) is 31.4 Å². The molecule has 3 aromatic rings. The molecular weight excluding hydrogens is 477 g/mol. The van der Waals surface area contributed by atoms with Gasteiger partial charge in [0.25, 0.3) is 0 Å². The van der Waals surface area contributed by atoms with Crippen molar-refractivity contribution >= 4 is 28.2 Å². The number of hydrogen-bond donors (Lipinski definition) is 1. The molecule has 0 saturated heterocycles. The lowest BCUT2D eigenvalue weighted by atomic mass is 9.85. The van der Waals surface area contributed by atoms with Crippen molar-refractivity contribution in [3.63, 3.8) is 0 Å². The van der Waals surface area contributed by atoms with Gasteiger partial charge in [0, 0.05) is 46.8 Å². The Labute approximate surface area is 187 Å². The zero-order valence-corrected chi connectivity index (χ0v) is 19.0. The Morgan fingerprint density at radius 3 is 2.59 bits per heavy atom. The van der Waals surface area contributed by atoms with E-state index in [1.807, 2.05) is 36.4 Å². The fourth-order valence-electron chi connectivity index (χ4n) is 3.72. The number of rotatable bonds is 5. The molecule has 1 N–H and O–H groups in total. The average Bonchev–Trinajstić information content (AvgIpc) is 2.65. The van der Waals surface area contributed by atoms with Gasteiger partial charge in [-0.15, -0.1) is 0 Å². The number of pyridine rings is 1. The summed E-state index contributed by atoms with van der Waals surface area (Å²) < 4.78 is 0.832. The van der Waals surface area contributed by atoms with Crippen molar-refractivity contribution in [2.45, 2.75) is 12.8 Å². The molecule has 0 aliphatic heterocycles. The third kappa shape index (κ3) is 4.33. The molecule has 1 aromatic heterocycles. The zero-order valence-electron chi connectivity index (χ0n) is 16.8. The zero-order chi connectivity index (χ0) is 19.9. The highest BCUT2D eigenvalue weighted by Crippen LogP contribution is 2.38. The largest absolute Gasteiger partial charge is 1.00 e. The molecule has 0 spiro atoms. The lowest BCUT2D eigenvalue weighted by Gasteiger charge is -2.23. The normalized spacial score (nSPS) is 12.3. The molecule has 4 rings (SSSR count). The third-order valence-electron chi connectivity index (χ3n) is 5.07. The number of fused-ring (bicyclic) bond motifs is 2. The summed E-state index contributed by atoms with van der Waals surface area (Å²) in [6.45, 7) is 0.933. The lowest BCUT2D eigenvalue weighted by Crippen LogP contribution is -3.00. The van der Waals surface area contributed by atoms with E-state index in [9.17, 15) is 9.59 Å². The Morgan fingerprint density at radius 2 is 1.83 bits per heavy atom. The number of carbonyl (C=O) groups excluding carboxylic acids is 2. The molecule has 0 bridgehead atoms. The van der Waals surface area contributed by atoms with Crippen molar-refractivity contribution in [1.82, 2.24) is 4.98 Å². The Hall–Kier alpha value is -2.32. The van der Waals surface area contributed by atoms with Crippen molar-refractivity contribution in [3.05, 3.63) is 59.8 Å². The van der Waals surface area contributed by atoms with E-state index in [1.54, 1.807) is 12.3 Å². The fourth-order valence-corrected chi connectivity index (χ4v) is 3.72. The first-order chi connectivity index (χ1) is 13.3. The monoisotopic (exact) mass is 501 g/mol. The number of amides is 1. The molecule has 0 saturated carbocycles. The van der Waals surface area contributed by atoms with Gasteiger partial charge in [0.15, 0.2) is 5.78 Å². The summed E-state index contributed by atoms with van der Waals surface area (Å²) in [7, 11) is 6.33. The molecular formula is C23H24IN3O2. The smallest absolute Gasteiger partial charge is 0.224 e. The second-order valence-corrected chi connectivity index (χ2v) is 8.32. The van der Waals surface area contributed by atoms with Gasteiger partial charge in [0.1, 0.15) is 0 Å². The van der Waals surface area contributed by atoms with E-state index < -0.39 is 0 Å². The molecule has 5 nitrogen and oxygen atoms in total. The first-order valence-corrected chi connectivity index (χ1v) is 9.51. The summed E-state index contributed by atoms with van der Waals surface area (Å²) in [4.78, 5) is 29.9. The second kappa shape index (κ2) is 8.20. The Balaban J connectivity index is 0.00000240. The number of carbonyl (C=O) groups is 2. The highest BCUT2D eigenvalue weighted by atomic mass is 127. The molecule has 6 heteroatoms. The van der Waals surface area contributed by atoms with Gasteiger partial charge in [-0.05, 0) is 29.7 Å². The van der Waals surface area contributed by atoms with Gasteiger partial charge in [0.05, 0.1) is 33.4 Å². The molecule has 0 unspecified atom stereocenters. The van der Waals surface area contributed by atoms with Crippen LogP contribution in [-0.4, -0.2) is 48.8 Å². The number of anilines is 1. The molecule has 1 heterocycles. The molecule has 0 radical (unpaired) electrons. The van der Waals surface area contributed by atoms with Crippen LogP contribution in [-0.2, 0) is 4.79 Å². The maximum atomic E-state index is 13.1.